The van der Waals surface area contributed by atoms with Crippen molar-refractivity contribution in [2.75, 3.05) is 7.05 Å². The summed E-state index contributed by atoms with van der Waals surface area (Å²) in [6, 6.07) is 9.60. The molecule has 1 aliphatic rings. The lowest BCUT2D eigenvalue weighted by Gasteiger charge is -2.23. The molecule has 4 heterocycles. The van der Waals surface area contributed by atoms with Crippen LogP contribution in [0.1, 0.15) is 45.3 Å². The highest BCUT2D eigenvalue weighted by Gasteiger charge is 2.25. The van der Waals surface area contributed by atoms with Crippen LogP contribution >= 0.6 is 0 Å². The molecule has 0 spiro atoms. The normalized spacial score (nSPS) is 15.4. The molecule has 3 aromatic heterocycles. The first kappa shape index (κ1) is 19.8. The van der Waals surface area contributed by atoms with Crippen molar-refractivity contribution in [1.82, 2.24) is 24.5 Å². The molecule has 0 saturated heterocycles. The van der Waals surface area contributed by atoms with Gasteiger partial charge in [0.25, 0.3) is 0 Å². The lowest BCUT2D eigenvalue weighted by atomic mass is 10.1. The first-order valence-electron chi connectivity index (χ1n) is 10.0. The van der Waals surface area contributed by atoms with E-state index in [2.05, 4.69) is 23.1 Å². The van der Waals surface area contributed by atoms with Crippen molar-refractivity contribution in [2.45, 2.75) is 39.8 Å². The Kier molecular flexibility index (Phi) is 5.11. The number of pyridine rings is 2. The van der Waals surface area contributed by atoms with Crippen molar-refractivity contribution in [2.24, 2.45) is 5.10 Å². The fourth-order valence-corrected chi connectivity index (χ4v) is 3.47. The summed E-state index contributed by atoms with van der Waals surface area (Å²) in [6.07, 6.45) is 3.84. The van der Waals surface area contributed by atoms with Gasteiger partial charge >= 0.3 is 0 Å². The van der Waals surface area contributed by atoms with Crippen LogP contribution in [0.3, 0.4) is 0 Å². The lowest BCUT2D eigenvalue weighted by molar-refractivity contribution is 0.233. The maximum atomic E-state index is 5.84. The third kappa shape index (κ3) is 3.58. The molecule has 7 heteroatoms. The quantitative estimate of drug-likeness (QED) is 0.635. The van der Waals surface area contributed by atoms with Gasteiger partial charge in [0.2, 0.25) is 5.88 Å². The van der Waals surface area contributed by atoms with Gasteiger partial charge in [-0.3, -0.25) is 14.6 Å². The standard InChI is InChI=1S/C23H26N6O/c1-14(2)30-21-11-10-19-22(26-21)29(17(5)18-9-7-8-12-24-18)23(25-19)20-13-15(3)16(4)28(6)27-20/h7-14,17H,4H2,1-3,5-6H3/t17-/m0/s1. The molecule has 0 unspecified atom stereocenters. The highest BCUT2D eigenvalue weighted by Crippen LogP contribution is 2.28. The topological polar surface area (TPSA) is 68.4 Å². The number of hydrogen-bond donors (Lipinski definition) is 0. The van der Waals surface area contributed by atoms with E-state index in [0.29, 0.717) is 5.88 Å². The molecular formula is C23H26N6O. The van der Waals surface area contributed by atoms with Gasteiger partial charge in [-0.15, -0.1) is 0 Å². The molecule has 1 aliphatic heterocycles. The Morgan fingerprint density at radius 2 is 1.87 bits per heavy atom. The molecule has 3 aromatic rings. The summed E-state index contributed by atoms with van der Waals surface area (Å²) in [5.74, 6) is 1.30. The van der Waals surface area contributed by atoms with Crippen molar-refractivity contribution in [3.05, 3.63) is 72.0 Å². The largest absolute Gasteiger partial charge is 0.475 e. The minimum atomic E-state index is -0.0974. The van der Waals surface area contributed by atoms with Crippen LogP contribution in [0.4, 0.5) is 0 Å². The van der Waals surface area contributed by atoms with Gasteiger partial charge in [0, 0.05) is 19.3 Å². The van der Waals surface area contributed by atoms with Gasteiger partial charge in [0.15, 0.2) is 11.5 Å². The monoisotopic (exact) mass is 402 g/mol. The van der Waals surface area contributed by atoms with E-state index in [0.717, 1.165) is 39.7 Å². The van der Waals surface area contributed by atoms with E-state index in [1.807, 2.05) is 64.2 Å². The Bertz CT molecular complexity index is 1160. The Balaban J connectivity index is 1.93. The molecule has 0 fully saturated rings. The zero-order valence-corrected chi connectivity index (χ0v) is 18.0. The van der Waals surface area contributed by atoms with E-state index in [1.165, 1.54) is 0 Å². The summed E-state index contributed by atoms with van der Waals surface area (Å²) in [4.78, 5) is 14.2. The molecule has 0 radical (unpaired) electrons. The summed E-state index contributed by atoms with van der Waals surface area (Å²) in [6.45, 7) is 12.2. The molecule has 30 heavy (non-hydrogen) atoms. The van der Waals surface area contributed by atoms with Crippen molar-refractivity contribution in [3.8, 4) is 5.88 Å². The summed E-state index contributed by atoms with van der Waals surface area (Å²) >= 11 is 0. The van der Waals surface area contributed by atoms with Gasteiger partial charge in [-0.1, -0.05) is 12.6 Å². The number of aromatic nitrogens is 4. The predicted octanol–water partition coefficient (Wildman–Crippen LogP) is 4.33. The zero-order valence-electron chi connectivity index (χ0n) is 18.0. The second-order valence-electron chi connectivity index (χ2n) is 7.68. The highest BCUT2D eigenvalue weighted by molar-refractivity contribution is 6.09. The van der Waals surface area contributed by atoms with Gasteiger partial charge in [-0.25, -0.2) is 4.98 Å². The molecule has 0 amide bonds. The van der Waals surface area contributed by atoms with Gasteiger partial charge in [-0.2, -0.15) is 10.1 Å². The van der Waals surface area contributed by atoms with Crippen molar-refractivity contribution >= 4 is 16.9 Å². The average molecular weight is 403 g/mol. The van der Waals surface area contributed by atoms with E-state index < -0.39 is 0 Å². The predicted molar refractivity (Wildman–Crippen MR) is 119 cm³/mol. The Hall–Kier alpha value is -3.48. The minimum absolute atomic E-state index is 0.0342. The molecule has 0 bridgehead atoms. The molecule has 154 valence electrons. The second kappa shape index (κ2) is 7.74. The SMILES string of the molecule is C=C1C(C)=CC(c2nc3ccc(OC(C)C)nc3n2[C@@H](C)c2ccccn2)=NN1C. The first-order chi connectivity index (χ1) is 14.3. The van der Waals surface area contributed by atoms with E-state index in [4.69, 9.17) is 19.8 Å². The summed E-state index contributed by atoms with van der Waals surface area (Å²) in [7, 11) is 1.89. The van der Waals surface area contributed by atoms with E-state index >= 15 is 0 Å². The number of fused-ring (bicyclic) bond motifs is 1. The van der Waals surface area contributed by atoms with Gasteiger partial charge in [0.1, 0.15) is 11.2 Å². The number of nitrogens with zero attached hydrogens (tertiary/aromatic N) is 6. The van der Waals surface area contributed by atoms with Crippen LogP contribution in [0, 0.1) is 0 Å². The minimum Gasteiger partial charge on any atom is -0.475 e. The van der Waals surface area contributed by atoms with Gasteiger partial charge in [-0.05, 0) is 57.5 Å². The summed E-state index contributed by atoms with van der Waals surface area (Å²) < 4.78 is 7.91. The van der Waals surface area contributed by atoms with Crippen molar-refractivity contribution in [1.29, 1.82) is 0 Å². The van der Waals surface area contributed by atoms with Crippen LogP contribution in [0.5, 0.6) is 5.88 Å². The van der Waals surface area contributed by atoms with E-state index in [1.54, 1.807) is 11.2 Å². The number of allylic oxidation sites excluding steroid dienone is 2. The van der Waals surface area contributed by atoms with Crippen molar-refractivity contribution < 1.29 is 4.74 Å². The Labute approximate surface area is 176 Å². The number of ether oxygens (including phenoxy) is 1. The van der Waals surface area contributed by atoms with Gasteiger partial charge in [0.05, 0.1) is 23.5 Å². The van der Waals surface area contributed by atoms with Crippen LogP contribution in [0.15, 0.2) is 65.6 Å². The number of hydrazone groups is 1. The van der Waals surface area contributed by atoms with Crippen LogP contribution in [0.25, 0.3) is 11.2 Å². The number of imidazole rings is 1. The number of likely N-dealkylation sites (N-methyl/N-ethyl adjacent to an activating group) is 1. The van der Waals surface area contributed by atoms with E-state index in [9.17, 15) is 0 Å². The maximum absolute atomic E-state index is 5.84. The smallest absolute Gasteiger partial charge is 0.215 e. The van der Waals surface area contributed by atoms with Crippen LogP contribution in [0.2, 0.25) is 0 Å². The fourth-order valence-electron chi connectivity index (χ4n) is 3.47. The third-order valence-corrected chi connectivity index (χ3v) is 5.06. The molecular weight excluding hydrogens is 376 g/mol. The average Bonchev–Trinajstić information content (AvgIpc) is 3.10. The molecule has 0 aromatic carbocycles. The molecule has 4 rings (SSSR count). The highest BCUT2D eigenvalue weighted by atomic mass is 16.5. The molecule has 0 aliphatic carbocycles. The fraction of sp³-hybridized carbons (Fsp3) is 0.304. The number of rotatable bonds is 5. The molecule has 1 atom stereocenters. The van der Waals surface area contributed by atoms with E-state index in [-0.39, 0.29) is 12.1 Å². The van der Waals surface area contributed by atoms with Gasteiger partial charge < -0.3 is 4.74 Å². The van der Waals surface area contributed by atoms with Crippen LogP contribution in [-0.2, 0) is 0 Å². The Morgan fingerprint density at radius 1 is 1.07 bits per heavy atom. The molecule has 0 saturated carbocycles. The zero-order chi connectivity index (χ0) is 21.4. The second-order valence-corrected chi connectivity index (χ2v) is 7.68. The number of hydrogen-bond acceptors (Lipinski definition) is 6. The third-order valence-electron chi connectivity index (χ3n) is 5.06. The first-order valence-corrected chi connectivity index (χ1v) is 10.0. The summed E-state index contributed by atoms with van der Waals surface area (Å²) in [5, 5.41) is 6.48. The molecule has 0 N–H and O–H groups in total. The van der Waals surface area contributed by atoms with Crippen LogP contribution in [-0.4, -0.2) is 43.4 Å². The Morgan fingerprint density at radius 3 is 2.53 bits per heavy atom. The maximum Gasteiger partial charge on any atom is 0.215 e. The van der Waals surface area contributed by atoms with Crippen molar-refractivity contribution in [3.63, 3.8) is 0 Å². The molecule has 7 nitrogen and oxygen atoms in total. The summed E-state index contributed by atoms with van der Waals surface area (Å²) in [5.41, 5.74) is 5.11. The van der Waals surface area contributed by atoms with Crippen LogP contribution < -0.4 is 4.74 Å². The lowest BCUT2D eigenvalue weighted by Crippen LogP contribution is -2.23.